The van der Waals surface area contributed by atoms with Gasteiger partial charge in [-0.1, -0.05) is 18.2 Å². The maximum Gasteiger partial charge on any atom is 0.345 e. The SMILES string of the molecule is COC(C)(C(=O)O)C(=O)Nc1cccc(Nc2cccc(C)c2)c1C. The van der Waals surface area contributed by atoms with Gasteiger partial charge in [0.05, 0.1) is 0 Å². The van der Waals surface area contributed by atoms with Crippen molar-refractivity contribution in [2.45, 2.75) is 26.4 Å². The van der Waals surface area contributed by atoms with Gasteiger partial charge in [0.25, 0.3) is 5.91 Å². The monoisotopic (exact) mass is 342 g/mol. The van der Waals surface area contributed by atoms with Crippen molar-refractivity contribution in [3.05, 3.63) is 53.6 Å². The topological polar surface area (TPSA) is 87.7 Å². The Kier molecular flexibility index (Phi) is 5.44. The summed E-state index contributed by atoms with van der Waals surface area (Å²) in [4.78, 5) is 23.6. The average Bonchev–Trinajstić information content (AvgIpc) is 2.57. The standard InChI is InChI=1S/C19H22N2O4/c1-12-7-5-8-14(11-12)20-15-9-6-10-16(13(15)2)21-17(22)19(3,25-4)18(23)24/h5-11,20H,1-4H3,(H,21,22)(H,23,24). The molecule has 1 unspecified atom stereocenters. The van der Waals surface area contributed by atoms with Crippen molar-refractivity contribution in [3.8, 4) is 0 Å². The molecule has 0 heterocycles. The van der Waals surface area contributed by atoms with Gasteiger partial charge in [-0.2, -0.15) is 0 Å². The Morgan fingerprint density at radius 1 is 1.08 bits per heavy atom. The van der Waals surface area contributed by atoms with Crippen LogP contribution in [0.4, 0.5) is 17.1 Å². The lowest BCUT2D eigenvalue weighted by molar-refractivity contribution is -0.165. The molecule has 0 saturated heterocycles. The van der Waals surface area contributed by atoms with E-state index in [9.17, 15) is 14.7 Å². The van der Waals surface area contributed by atoms with E-state index in [-0.39, 0.29) is 0 Å². The van der Waals surface area contributed by atoms with Crippen LogP contribution in [0.3, 0.4) is 0 Å². The van der Waals surface area contributed by atoms with E-state index in [2.05, 4.69) is 10.6 Å². The number of ether oxygens (including phenoxy) is 1. The summed E-state index contributed by atoms with van der Waals surface area (Å²) in [5, 5.41) is 15.2. The van der Waals surface area contributed by atoms with Crippen molar-refractivity contribution >= 4 is 28.9 Å². The first-order chi connectivity index (χ1) is 11.8. The lowest BCUT2D eigenvalue weighted by Gasteiger charge is -2.23. The number of benzene rings is 2. The van der Waals surface area contributed by atoms with Crippen molar-refractivity contribution in [1.82, 2.24) is 0 Å². The van der Waals surface area contributed by atoms with Gasteiger partial charge in [0, 0.05) is 24.2 Å². The van der Waals surface area contributed by atoms with E-state index in [0.717, 1.165) is 22.5 Å². The number of carbonyl (C=O) groups excluding carboxylic acids is 1. The molecule has 1 atom stereocenters. The fourth-order valence-electron chi connectivity index (χ4n) is 2.30. The van der Waals surface area contributed by atoms with Crippen LogP contribution in [0, 0.1) is 13.8 Å². The molecule has 2 aromatic rings. The number of hydrogen-bond acceptors (Lipinski definition) is 4. The van der Waals surface area contributed by atoms with E-state index < -0.39 is 17.5 Å². The number of carbonyl (C=O) groups is 2. The average molecular weight is 342 g/mol. The maximum absolute atomic E-state index is 12.3. The second kappa shape index (κ2) is 7.36. The Morgan fingerprint density at radius 3 is 2.32 bits per heavy atom. The number of rotatable bonds is 6. The lowest BCUT2D eigenvalue weighted by atomic mass is 10.1. The number of carboxylic acid groups (broad SMARTS) is 1. The Hall–Kier alpha value is -2.86. The minimum Gasteiger partial charge on any atom is -0.479 e. The van der Waals surface area contributed by atoms with Gasteiger partial charge >= 0.3 is 5.97 Å². The number of anilines is 3. The molecule has 132 valence electrons. The molecule has 0 aliphatic rings. The molecule has 0 aliphatic carbocycles. The van der Waals surface area contributed by atoms with Crippen molar-refractivity contribution < 1.29 is 19.4 Å². The predicted molar refractivity (Wildman–Crippen MR) is 97.3 cm³/mol. The molecular weight excluding hydrogens is 320 g/mol. The predicted octanol–water partition coefficient (Wildman–Crippen LogP) is 3.48. The van der Waals surface area contributed by atoms with Crippen LogP contribution in [-0.4, -0.2) is 29.7 Å². The van der Waals surface area contributed by atoms with Crippen molar-refractivity contribution in [1.29, 1.82) is 0 Å². The van der Waals surface area contributed by atoms with Crippen LogP contribution < -0.4 is 10.6 Å². The zero-order valence-corrected chi connectivity index (χ0v) is 14.7. The summed E-state index contributed by atoms with van der Waals surface area (Å²) in [6.07, 6.45) is 0. The molecule has 0 saturated carbocycles. The zero-order valence-electron chi connectivity index (χ0n) is 14.7. The minimum atomic E-state index is -1.95. The second-order valence-electron chi connectivity index (χ2n) is 5.97. The smallest absolute Gasteiger partial charge is 0.345 e. The molecular formula is C19H22N2O4. The summed E-state index contributed by atoms with van der Waals surface area (Å²) in [5.74, 6) is -2.09. The summed E-state index contributed by atoms with van der Waals surface area (Å²) in [7, 11) is 1.19. The third kappa shape index (κ3) is 3.97. The lowest BCUT2D eigenvalue weighted by Crippen LogP contribution is -2.48. The molecule has 6 nitrogen and oxygen atoms in total. The molecule has 0 aliphatic heterocycles. The number of aryl methyl sites for hydroxylation is 1. The first-order valence-electron chi connectivity index (χ1n) is 7.81. The van der Waals surface area contributed by atoms with Gasteiger partial charge in [-0.3, -0.25) is 4.79 Å². The van der Waals surface area contributed by atoms with E-state index >= 15 is 0 Å². The summed E-state index contributed by atoms with van der Waals surface area (Å²) in [6.45, 7) is 5.07. The fourth-order valence-corrected chi connectivity index (χ4v) is 2.30. The van der Waals surface area contributed by atoms with Crippen molar-refractivity contribution in [2.75, 3.05) is 17.7 Å². The van der Waals surface area contributed by atoms with Crippen LogP contribution in [0.25, 0.3) is 0 Å². The van der Waals surface area contributed by atoms with Crippen LogP contribution in [0.1, 0.15) is 18.1 Å². The Morgan fingerprint density at radius 2 is 1.72 bits per heavy atom. The summed E-state index contributed by atoms with van der Waals surface area (Å²) in [6, 6.07) is 13.3. The molecule has 2 rings (SSSR count). The molecule has 1 amide bonds. The second-order valence-corrected chi connectivity index (χ2v) is 5.97. The summed E-state index contributed by atoms with van der Waals surface area (Å²) < 4.78 is 4.88. The van der Waals surface area contributed by atoms with E-state index in [1.165, 1.54) is 14.0 Å². The van der Waals surface area contributed by atoms with Crippen LogP contribution in [0.15, 0.2) is 42.5 Å². The van der Waals surface area contributed by atoms with Gasteiger partial charge in [-0.25, -0.2) is 4.79 Å². The number of aliphatic carboxylic acids is 1. The Labute approximate surface area is 146 Å². The van der Waals surface area contributed by atoms with E-state index in [1.807, 2.05) is 44.2 Å². The van der Waals surface area contributed by atoms with Crippen LogP contribution in [0.5, 0.6) is 0 Å². The number of methoxy groups -OCH3 is 1. The molecule has 0 aromatic heterocycles. The summed E-state index contributed by atoms with van der Waals surface area (Å²) >= 11 is 0. The van der Waals surface area contributed by atoms with Crippen molar-refractivity contribution in [3.63, 3.8) is 0 Å². The van der Waals surface area contributed by atoms with Gasteiger partial charge in [-0.15, -0.1) is 0 Å². The fraction of sp³-hybridized carbons (Fsp3) is 0.263. The highest BCUT2D eigenvalue weighted by molar-refractivity contribution is 6.11. The van der Waals surface area contributed by atoms with Gasteiger partial charge in [0.2, 0.25) is 5.60 Å². The molecule has 6 heteroatoms. The quantitative estimate of drug-likeness (QED) is 0.700. The normalized spacial score (nSPS) is 13.0. The molecule has 0 radical (unpaired) electrons. The highest BCUT2D eigenvalue weighted by Gasteiger charge is 2.41. The van der Waals surface area contributed by atoms with E-state index in [1.54, 1.807) is 12.1 Å². The van der Waals surface area contributed by atoms with E-state index in [0.29, 0.717) is 5.69 Å². The number of hydrogen-bond donors (Lipinski definition) is 3. The molecule has 3 N–H and O–H groups in total. The molecule has 2 aromatic carbocycles. The highest BCUT2D eigenvalue weighted by Crippen LogP contribution is 2.27. The largest absolute Gasteiger partial charge is 0.479 e. The van der Waals surface area contributed by atoms with Gasteiger partial charge in [-0.05, 0) is 56.2 Å². The van der Waals surface area contributed by atoms with Crippen LogP contribution in [0.2, 0.25) is 0 Å². The Balaban J connectivity index is 2.26. The molecule has 0 fully saturated rings. The van der Waals surface area contributed by atoms with Gasteiger partial charge < -0.3 is 20.5 Å². The zero-order chi connectivity index (χ0) is 18.6. The Bertz CT molecular complexity index is 804. The molecule has 25 heavy (non-hydrogen) atoms. The van der Waals surface area contributed by atoms with Gasteiger partial charge in [0.15, 0.2) is 0 Å². The van der Waals surface area contributed by atoms with Gasteiger partial charge in [0.1, 0.15) is 0 Å². The first-order valence-corrected chi connectivity index (χ1v) is 7.81. The third-order valence-corrected chi connectivity index (χ3v) is 4.13. The summed E-state index contributed by atoms with van der Waals surface area (Å²) in [5.41, 5.74) is 2.24. The van der Waals surface area contributed by atoms with Crippen LogP contribution in [-0.2, 0) is 14.3 Å². The molecule has 0 bridgehead atoms. The highest BCUT2D eigenvalue weighted by atomic mass is 16.5. The number of carboxylic acids is 1. The first kappa shape index (κ1) is 18.5. The minimum absolute atomic E-state index is 0.521. The van der Waals surface area contributed by atoms with E-state index in [4.69, 9.17) is 4.74 Å². The number of nitrogens with one attached hydrogen (secondary N) is 2. The maximum atomic E-state index is 12.3. The van der Waals surface area contributed by atoms with Crippen molar-refractivity contribution in [2.24, 2.45) is 0 Å². The molecule has 0 spiro atoms. The number of amides is 1. The third-order valence-electron chi connectivity index (χ3n) is 4.13. The van der Waals surface area contributed by atoms with Crippen LogP contribution >= 0.6 is 0 Å².